The zero-order valence-corrected chi connectivity index (χ0v) is 10.1. The molecular weight excluding hydrogens is 218 g/mol. The van der Waals surface area contributed by atoms with E-state index in [1.807, 2.05) is 30.3 Å². The van der Waals surface area contributed by atoms with Crippen LogP contribution >= 0.6 is 0 Å². The second kappa shape index (κ2) is 6.68. The molecule has 4 nitrogen and oxygen atoms in total. The molecule has 1 atom stereocenters. The summed E-state index contributed by atoms with van der Waals surface area (Å²) in [7, 11) is 1.28. The topological polar surface area (TPSA) is 55.4 Å². The van der Waals surface area contributed by atoms with Gasteiger partial charge >= 0.3 is 6.09 Å². The highest BCUT2D eigenvalue weighted by Crippen LogP contribution is 2.05. The van der Waals surface area contributed by atoms with Crippen LogP contribution in [0.5, 0.6) is 0 Å². The number of benzene rings is 1. The molecule has 0 aliphatic carbocycles. The molecule has 0 unspecified atom stereocenters. The number of rotatable bonds is 5. The highest BCUT2D eigenvalue weighted by Gasteiger charge is 2.19. The largest absolute Gasteiger partial charge is 0.453 e. The number of nitrogens with one attached hydrogen (secondary N) is 1. The summed E-state index contributed by atoms with van der Waals surface area (Å²) in [5.41, 5.74) is 1.01. The van der Waals surface area contributed by atoms with E-state index < -0.39 is 12.1 Å². The van der Waals surface area contributed by atoms with E-state index in [4.69, 9.17) is 0 Å². The summed E-state index contributed by atoms with van der Waals surface area (Å²) >= 11 is 0. The van der Waals surface area contributed by atoms with Crippen LogP contribution < -0.4 is 5.32 Å². The Bertz CT molecular complexity index is 376. The van der Waals surface area contributed by atoms with E-state index in [-0.39, 0.29) is 5.78 Å². The number of alkyl carbamates (subject to hydrolysis) is 1. The molecule has 1 N–H and O–H groups in total. The molecule has 0 fully saturated rings. The van der Waals surface area contributed by atoms with Crippen molar-refractivity contribution in [2.45, 2.75) is 25.8 Å². The monoisotopic (exact) mass is 235 g/mol. The van der Waals surface area contributed by atoms with Gasteiger partial charge in [0.25, 0.3) is 0 Å². The van der Waals surface area contributed by atoms with Crippen LogP contribution in [0.3, 0.4) is 0 Å². The maximum absolute atomic E-state index is 11.7. The molecule has 17 heavy (non-hydrogen) atoms. The van der Waals surface area contributed by atoms with Crippen LogP contribution in [0, 0.1) is 0 Å². The molecule has 0 saturated heterocycles. The Morgan fingerprint density at radius 3 is 2.47 bits per heavy atom. The van der Waals surface area contributed by atoms with Gasteiger partial charge in [0, 0.05) is 6.42 Å². The van der Waals surface area contributed by atoms with E-state index in [0.29, 0.717) is 12.8 Å². The lowest BCUT2D eigenvalue weighted by molar-refractivity contribution is -0.120. The van der Waals surface area contributed by atoms with Crippen molar-refractivity contribution in [1.82, 2.24) is 5.32 Å². The maximum atomic E-state index is 11.7. The van der Waals surface area contributed by atoms with Gasteiger partial charge in [0.05, 0.1) is 13.2 Å². The summed E-state index contributed by atoms with van der Waals surface area (Å²) in [6.07, 6.45) is 0.303. The first-order chi connectivity index (χ1) is 8.17. The molecule has 0 bridgehead atoms. The lowest BCUT2D eigenvalue weighted by atomic mass is 10.0. The Hall–Kier alpha value is -1.84. The van der Waals surface area contributed by atoms with Crippen LogP contribution in [0.15, 0.2) is 30.3 Å². The Kier molecular flexibility index (Phi) is 5.20. The van der Waals surface area contributed by atoms with E-state index in [1.54, 1.807) is 6.92 Å². The molecular formula is C13H17NO3. The molecule has 92 valence electrons. The number of hydrogen-bond donors (Lipinski definition) is 1. The third-order valence-corrected chi connectivity index (χ3v) is 2.50. The zero-order valence-electron chi connectivity index (χ0n) is 10.1. The normalized spacial score (nSPS) is 11.6. The molecule has 0 saturated carbocycles. The minimum atomic E-state index is -0.576. The first-order valence-corrected chi connectivity index (χ1v) is 5.58. The molecule has 1 amide bonds. The zero-order chi connectivity index (χ0) is 12.7. The fraction of sp³-hybridized carbons (Fsp3) is 0.385. The number of Topliss-reactive ketones (excluding diaryl/α,β-unsaturated/α-hetero) is 1. The molecule has 4 heteroatoms. The average Bonchev–Trinajstić information content (AvgIpc) is 2.38. The third kappa shape index (κ3) is 4.26. The highest BCUT2D eigenvalue weighted by molar-refractivity contribution is 5.87. The Morgan fingerprint density at radius 1 is 1.29 bits per heavy atom. The number of ketones is 1. The fourth-order valence-corrected chi connectivity index (χ4v) is 1.54. The van der Waals surface area contributed by atoms with Crippen molar-refractivity contribution in [2.24, 2.45) is 0 Å². The lowest BCUT2D eigenvalue weighted by Crippen LogP contribution is -2.42. The van der Waals surface area contributed by atoms with Gasteiger partial charge in [-0.05, 0) is 12.0 Å². The summed E-state index contributed by atoms with van der Waals surface area (Å²) in [6, 6.07) is 9.05. The average molecular weight is 235 g/mol. The van der Waals surface area contributed by atoms with Crippen LogP contribution in [0.4, 0.5) is 4.79 Å². The van der Waals surface area contributed by atoms with Crippen molar-refractivity contribution >= 4 is 11.9 Å². The Labute approximate surface area is 101 Å². The summed E-state index contributed by atoms with van der Waals surface area (Å²) in [4.78, 5) is 22.8. The van der Waals surface area contributed by atoms with Crippen molar-refractivity contribution in [2.75, 3.05) is 7.11 Å². The van der Waals surface area contributed by atoms with Gasteiger partial charge in [-0.3, -0.25) is 4.79 Å². The lowest BCUT2D eigenvalue weighted by Gasteiger charge is -2.16. The Balaban J connectivity index is 2.70. The number of carbonyl (C=O) groups excluding carboxylic acids is 2. The third-order valence-electron chi connectivity index (χ3n) is 2.50. The molecule has 0 aliphatic heterocycles. The second-order valence-electron chi connectivity index (χ2n) is 3.70. The SMILES string of the molecule is CCC(=O)[C@@H](Cc1ccccc1)NC(=O)OC. The van der Waals surface area contributed by atoms with Crippen LogP contribution in [0.25, 0.3) is 0 Å². The van der Waals surface area contributed by atoms with Crippen molar-refractivity contribution in [3.63, 3.8) is 0 Å². The van der Waals surface area contributed by atoms with E-state index in [9.17, 15) is 9.59 Å². The predicted molar refractivity (Wildman–Crippen MR) is 64.8 cm³/mol. The number of amides is 1. The van der Waals surface area contributed by atoms with Gasteiger partial charge in [-0.15, -0.1) is 0 Å². The minimum Gasteiger partial charge on any atom is -0.453 e. The van der Waals surface area contributed by atoms with Crippen molar-refractivity contribution in [1.29, 1.82) is 0 Å². The number of ether oxygens (including phenoxy) is 1. The quantitative estimate of drug-likeness (QED) is 0.848. The van der Waals surface area contributed by atoms with Gasteiger partial charge in [-0.25, -0.2) is 4.79 Å². The number of methoxy groups -OCH3 is 1. The second-order valence-corrected chi connectivity index (χ2v) is 3.70. The van der Waals surface area contributed by atoms with Crippen molar-refractivity contribution in [3.8, 4) is 0 Å². The molecule has 1 aromatic rings. The highest BCUT2D eigenvalue weighted by atomic mass is 16.5. The predicted octanol–water partition coefficient (Wildman–Crippen LogP) is 1.93. The van der Waals surface area contributed by atoms with Crippen LogP contribution in [0.1, 0.15) is 18.9 Å². The van der Waals surface area contributed by atoms with Gasteiger partial charge < -0.3 is 10.1 Å². The van der Waals surface area contributed by atoms with Gasteiger partial charge in [-0.1, -0.05) is 37.3 Å². The minimum absolute atomic E-state index is 0.000692. The summed E-state index contributed by atoms with van der Waals surface area (Å²) in [5, 5.41) is 2.56. The van der Waals surface area contributed by atoms with Crippen LogP contribution in [0.2, 0.25) is 0 Å². The van der Waals surface area contributed by atoms with Crippen molar-refractivity contribution in [3.05, 3.63) is 35.9 Å². The van der Waals surface area contributed by atoms with Crippen molar-refractivity contribution < 1.29 is 14.3 Å². The summed E-state index contributed by atoms with van der Waals surface area (Å²) < 4.78 is 4.51. The van der Waals surface area contributed by atoms with Crippen LogP contribution in [-0.4, -0.2) is 25.0 Å². The molecule has 0 aliphatic rings. The molecule has 1 aromatic carbocycles. The summed E-state index contributed by atoms with van der Waals surface area (Å²) in [6.45, 7) is 1.78. The maximum Gasteiger partial charge on any atom is 0.407 e. The van der Waals surface area contributed by atoms with Gasteiger partial charge in [0.1, 0.15) is 0 Å². The molecule has 1 rings (SSSR count). The first-order valence-electron chi connectivity index (χ1n) is 5.58. The summed E-state index contributed by atoms with van der Waals surface area (Å²) in [5.74, 6) is -0.000692. The van der Waals surface area contributed by atoms with E-state index in [1.165, 1.54) is 7.11 Å². The van der Waals surface area contributed by atoms with E-state index >= 15 is 0 Å². The number of carbonyl (C=O) groups is 2. The molecule has 0 heterocycles. The van der Waals surface area contributed by atoms with E-state index in [0.717, 1.165) is 5.56 Å². The molecule has 0 radical (unpaired) electrons. The first kappa shape index (κ1) is 13.2. The van der Waals surface area contributed by atoms with Gasteiger partial charge in [0.15, 0.2) is 5.78 Å². The van der Waals surface area contributed by atoms with Gasteiger partial charge in [-0.2, -0.15) is 0 Å². The molecule has 0 spiro atoms. The van der Waals surface area contributed by atoms with E-state index in [2.05, 4.69) is 10.1 Å². The van der Waals surface area contributed by atoms with Gasteiger partial charge in [0.2, 0.25) is 0 Å². The smallest absolute Gasteiger partial charge is 0.407 e. The standard InChI is InChI=1S/C13H17NO3/c1-3-12(15)11(14-13(16)17-2)9-10-7-5-4-6-8-10/h4-8,11H,3,9H2,1-2H3,(H,14,16)/t11-/m1/s1. The fourth-order valence-electron chi connectivity index (χ4n) is 1.54. The Morgan fingerprint density at radius 2 is 1.94 bits per heavy atom. The van der Waals surface area contributed by atoms with Crippen LogP contribution in [-0.2, 0) is 16.0 Å². The molecule has 0 aromatic heterocycles. The number of hydrogen-bond acceptors (Lipinski definition) is 3.